The van der Waals surface area contributed by atoms with Crippen LogP contribution < -0.4 is 5.32 Å². The molecule has 0 radical (unpaired) electrons. The number of likely N-dealkylation sites (tertiary alicyclic amines) is 1. The van der Waals surface area contributed by atoms with Crippen molar-refractivity contribution in [1.29, 1.82) is 0 Å². The minimum Gasteiger partial charge on any atom is -0.444 e. The smallest absolute Gasteiger partial charge is 0.410 e. The molecule has 1 heterocycles. The van der Waals surface area contributed by atoms with Crippen LogP contribution in [-0.2, 0) is 16.1 Å². The fourth-order valence-corrected chi connectivity index (χ4v) is 5.03. The fourth-order valence-electron chi connectivity index (χ4n) is 5.03. The molecular weight excluding hydrogens is 409 g/mol. The zero-order valence-corrected chi connectivity index (χ0v) is 20.1. The van der Waals surface area contributed by atoms with Gasteiger partial charge in [-0.3, -0.25) is 14.6 Å². The van der Waals surface area contributed by atoms with Crippen LogP contribution in [0.25, 0.3) is 0 Å². The molecule has 1 saturated carbocycles. The molecule has 1 saturated heterocycles. The second kappa shape index (κ2) is 10.2. The van der Waals surface area contributed by atoms with Crippen molar-refractivity contribution in [2.75, 3.05) is 20.1 Å². The van der Waals surface area contributed by atoms with E-state index in [-0.39, 0.29) is 17.8 Å². The first-order valence-electron chi connectivity index (χ1n) is 11.8. The van der Waals surface area contributed by atoms with E-state index in [2.05, 4.69) is 10.2 Å². The van der Waals surface area contributed by atoms with E-state index in [0.29, 0.717) is 18.3 Å². The number of ether oxygens (including phenoxy) is 1. The molecule has 32 heavy (non-hydrogen) atoms. The predicted molar refractivity (Wildman–Crippen MR) is 123 cm³/mol. The summed E-state index contributed by atoms with van der Waals surface area (Å²) in [6.45, 7) is 10.2. The summed E-state index contributed by atoms with van der Waals surface area (Å²) in [5.74, 6) is 0.665. The average Bonchev–Trinajstić information content (AvgIpc) is 3.27. The van der Waals surface area contributed by atoms with Gasteiger partial charge < -0.3 is 10.1 Å². The van der Waals surface area contributed by atoms with Crippen LogP contribution in [0.1, 0.15) is 58.9 Å². The van der Waals surface area contributed by atoms with Gasteiger partial charge in [0.2, 0.25) is 5.91 Å². The monoisotopic (exact) mass is 447 g/mol. The van der Waals surface area contributed by atoms with Crippen molar-refractivity contribution >= 4 is 12.0 Å². The standard InChI is InChI=1S/C25H38FN3O3/c1-6-7-22(28(5)24(31)32-25(2,3)4)23(30)27-21-13-10-18-15-29(16-20(18)21)14-17-8-11-19(26)12-9-17/h8-9,11-12,18,20-22H,6-7,10,13-16H2,1-5H3,(H,27,30)/t18-,20?,21?,22-/m0/s1. The Morgan fingerprint density at radius 3 is 2.53 bits per heavy atom. The van der Waals surface area contributed by atoms with Crippen LogP contribution in [0.15, 0.2) is 24.3 Å². The number of hydrogen-bond acceptors (Lipinski definition) is 4. The van der Waals surface area contributed by atoms with E-state index in [1.54, 1.807) is 7.05 Å². The molecule has 2 fully saturated rings. The molecule has 2 amide bonds. The molecule has 7 heteroatoms. The third kappa shape index (κ3) is 6.21. The van der Waals surface area contributed by atoms with E-state index in [4.69, 9.17) is 4.74 Å². The van der Waals surface area contributed by atoms with Crippen LogP contribution in [0.3, 0.4) is 0 Å². The van der Waals surface area contributed by atoms with Crippen molar-refractivity contribution in [3.05, 3.63) is 35.6 Å². The van der Waals surface area contributed by atoms with Crippen molar-refractivity contribution in [1.82, 2.24) is 15.1 Å². The number of nitrogens with one attached hydrogen (secondary N) is 1. The van der Waals surface area contributed by atoms with Crippen molar-refractivity contribution in [3.63, 3.8) is 0 Å². The molecule has 1 aromatic carbocycles. The first-order chi connectivity index (χ1) is 15.1. The van der Waals surface area contributed by atoms with E-state index < -0.39 is 17.7 Å². The largest absolute Gasteiger partial charge is 0.444 e. The van der Waals surface area contributed by atoms with Gasteiger partial charge in [0.05, 0.1) is 0 Å². The summed E-state index contributed by atoms with van der Waals surface area (Å²) in [5, 5.41) is 3.26. The summed E-state index contributed by atoms with van der Waals surface area (Å²) in [4.78, 5) is 29.6. The number of rotatable bonds is 7. The molecule has 2 unspecified atom stereocenters. The lowest BCUT2D eigenvalue weighted by molar-refractivity contribution is -0.127. The normalized spacial score (nSPS) is 24.1. The van der Waals surface area contributed by atoms with Crippen LogP contribution in [0.5, 0.6) is 0 Å². The summed E-state index contributed by atoms with van der Waals surface area (Å²) in [6, 6.07) is 6.27. The third-order valence-electron chi connectivity index (χ3n) is 6.59. The maximum Gasteiger partial charge on any atom is 0.410 e. The highest BCUT2D eigenvalue weighted by atomic mass is 19.1. The number of halogens is 1. The second-order valence-corrected chi connectivity index (χ2v) is 10.3. The Bertz CT molecular complexity index is 793. The summed E-state index contributed by atoms with van der Waals surface area (Å²) < 4.78 is 18.7. The van der Waals surface area contributed by atoms with Gasteiger partial charge in [-0.2, -0.15) is 0 Å². The van der Waals surface area contributed by atoms with Crippen LogP contribution in [0, 0.1) is 17.7 Å². The van der Waals surface area contributed by atoms with Gasteiger partial charge in [-0.1, -0.05) is 25.5 Å². The molecule has 6 nitrogen and oxygen atoms in total. The number of likely N-dealkylation sites (N-methyl/N-ethyl adjacent to an activating group) is 1. The molecule has 0 bridgehead atoms. The maximum atomic E-state index is 13.2. The topological polar surface area (TPSA) is 61.9 Å². The van der Waals surface area contributed by atoms with Gasteiger partial charge in [0.15, 0.2) is 0 Å². The van der Waals surface area contributed by atoms with Gasteiger partial charge in [-0.05, 0) is 69.6 Å². The predicted octanol–water partition coefficient (Wildman–Crippen LogP) is 4.19. The van der Waals surface area contributed by atoms with Gasteiger partial charge in [0.1, 0.15) is 17.5 Å². The molecular formula is C25H38FN3O3. The van der Waals surface area contributed by atoms with Gasteiger partial charge >= 0.3 is 6.09 Å². The number of carbonyl (C=O) groups excluding carboxylic acids is 2. The van der Waals surface area contributed by atoms with Crippen LogP contribution in [0.2, 0.25) is 0 Å². The Morgan fingerprint density at radius 2 is 1.91 bits per heavy atom. The highest BCUT2D eigenvalue weighted by Gasteiger charge is 2.44. The molecule has 1 aromatic rings. The first kappa shape index (κ1) is 24.5. The number of nitrogens with zero attached hydrogens (tertiary/aromatic N) is 2. The number of fused-ring (bicyclic) bond motifs is 1. The Kier molecular flexibility index (Phi) is 7.80. The summed E-state index contributed by atoms with van der Waals surface area (Å²) in [6.07, 6.45) is 2.99. The number of benzene rings is 1. The third-order valence-corrected chi connectivity index (χ3v) is 6.59. The zero-order valence-electron chi connectivity index (χ0n) is 20.1. The maximum absolute atomic E-state index is 13.2. The van der Waals surface area contributed by atoms with Crippen LogP contribution in [0.4, 0.5) is 9.18 Å². The SMILES string of the molecule is CCC[C@@H](C(=O)NC1CC[C@H]2CN(Cc3ccc(F)cc3)CC12)N(C)C(=O)OC(C)(C)C. The van der Waals surface area contributed by atoms with Gasteiger partial charge in [-0.15, -0.1) is 0 Å². The average molecular weight is 448 g/mol. The highest BCUT2D eigenvalue weighted by Crippen LogP contribution is 2.38. The quantitative estimate of drug-likeness (QED) is 0.681. The van der Waals surface area contributed by atoms with Gasteiger partial charge in [0.25, 0.3) is 0 Å². The van der Waals surface area contributed by atoms with Crippen LogP contribution in [-0.4, -0.2) is 59.6 Å². The van der Waals surface area contributed by atoms with E-state index in [0.717, 1.165) is 44.5 Å². The number of hydrogen-bond donors (Lipinski definition) is 1. The number of amides is 2. The summed E-state index contributed by atoms with van der Waals surface area (Å²) >= 11 is 0. The fraction of sp³-hybridized carbons (Fsp3) is 0.680. The van der Waals surface area contributed by atoms with Crippen molar-refractivity contribution in [2.24, 2.45) is 11.8 Å². The first-order valence-corrected chi connectivity index (χ1v) is 11.8. The van der Waals surface area contributed by atoms with E-state index in [9.17, 15) is 14.0 Å². The Labute approximate surface area is 191 Å². The molecule has 4 atom stereocenters. The van der Waals surface area contributed by atoms with E-state index in [1.165, 1.54) is 17.0 Å². The van der Waals surface area contributed by atoms with Crippen molar-refractivity contribution in [2.45, 2.75) is 77.6 Å². The highest BCUT2D eigenvalue weighted by molar-refractivity contribution is 5.85. The zero-order chi connectivity index (χ0) is 23.5. The summed E-state index contributed by atoms with van der Waals surface area (Å²) in [5.41, 5.74) is 0.503. The second-order valence-electron chi connectivity index (χ2n) is 10.3. The van der Waals surface area contributed by atoms with Crippen molar-refractivity contribution in [3.8, 4) is 0 Å². The Balaban J connectivity index is 1.58. The molecule has 1 aliphatic carbocycles. The molecule has 1 N–H and O–H groups in total. The lowest BCUT2D eigenvalue weighted by atomic mass is 9.97. The minimum absolute atomic E-state index is 0.0946. The molecule has 3 rings (SSSR count). The van der Waals surface area contributed by atoms with Crippen molar-refractivity contribution < 1.29 is 18.7 Å². The van der Waals surface area contributed by atoms with E-state index in [1.807, 2.05) is 39.8 Å². The minimum atomic E-state index is -0.602. The van der Waals surface area contributed by atoms with E-state index >= 15 is 0 Å². The van der Waals surface area contributed by atoms with Gasteiger partial charge in [0, 0.05) is 32.7 Å². The van der Waals surface area contributed by atoms with Gasteiger partial charge in [-0.25, -0.2) is 9.18 Å². The molecule has 1 aliphatic heterocycles. The Morgan fingerprint density at radius 1 is 1.22 bits per heavy atom. The summed E-state index contributed by atoms with van der Waals surface area (Å²) in [7, 11) is 1.64. The Hall–Kier alpha value is -2.15. The number of carbonyl (C=O) groups is 2. The molecule has 0 aromatic heterocycles. The molecule has 178 valence electrons. The lowest BCUT2D eigenvalue weighted by Gasteiger charge is -2.31. The lowest BCUT2D eigenvalue weighted by Crippen LogP contribution is -2.52. The van der Waals surface area contributed by atoms with Crippen LogP contribution >= 0.6 is 0 Å². The molecule has 2 aliphatic rings. The molecule has 0 spiro atoms.